The molecule has 20 heavy (non-hydrogen) atoms. The summed E-state index contributed by atoms with van der Waals surface area (Å²) in [6, 6.07) is 4.67. The van der Waals surface area contributed by atoms with Gasteiger partial charge in [0.05, 0.1) is 5.75 Å². The van der Waals surface area contributed by atoms with Crippen molar-refractivity contribution in [3.8, 4) is 0 Å². The van der Waals surface area contributed by atoms with Gasteiger partial charge in [-0.1, -0.05) is 30.0 Å². The first kappa shape index (κ1) is 15.3. The maximum Gasteiger partial charge on any atom is 0.234 e. The molecule has 3 nitrogen and oxygen atoms in total. The first-order valence-corrected chi connectivity index (χ1v) is 7.93. The minimum atomic E-state index is -0.317. The lowest BCUT2D eigenvalue weighted by Crippen LogP contribution is -2.25. The van der Waals surface area contributed by atoms with E-state index in [2.05, 4.69) is 10.2 Å². The smallest absolute Gasteiger partial charge is 0.234 e. The molecule has 0 bridgehead atoms. The first-order valence-electron chi connectivity index (χ1n) is 6.54. The van der Waals surface area contributed by atoms with Gasteiger partial charge < -0.3 is 10.2 Å². The third-order valence-corrected chi connectivity index (χ3v) is 4.67. The average molecular weight is 312 g/mol. The molecule has 108 valence electrons. The van der Waals surface area contributed by atoms with E-state index in [4.69, 9.17) is 12.2 Å². The Morgan fingerprint density at radius 1 is 1.45 bits per heavy atom. The van der Waals surface area contributed by atoms with Crippen LogP contribution in [0.4, 0.5) is 10.1 Å². The first-order chi connectivity index (χ1) is 9.56. The highest BCUT2D eigenvalue weighted by Crippen LogP contribution is 2.17. The van der Waals surface area contributed by atoms with Crippen LogP contribution in [0, 0.1) is 12.7 Å². The molecule has 1 fully saturated rings. The number of carbonyl (C=O) groups excluding carboxylic acids is 1. The van der Waals surface area contributed by atoms with E-state index in [0.29, 0.717) is 11.3 Å². The molecule has 1 saturated heterocycles. The van der Waals surface area contributed by atoms with E-state index in [9.17, 15) is 9.18 Å². The number of hydrogen-bond donors (Lipinski definition) is 1. The Morgan fingerprint density at radius 2 is 2.15 bits per heavy atom. The van der Waals surface area contributed by atoms with Crippen molar-refractivity contribution < 1.29 is 9.18 Å². The summed E-state index contributed by atoms with van der Waals surface area (Å²) < 4.78 is 14.1. The number of rotatable bonds is 3. The number of thiocarbonyl (C=S) groups is 1. The summed E-state index contributed by atoms with van der Waals surface area (Å²) in [5.74, 6) is -0.229. The molecule has 0 aromatic heterocycles. The lowest BCUT2D eigenvalue weighted by Gasteiger charge is -2.17. The number of hydrogen-bond acceptors (Lipinski definition) is 3. The van der Waals surface area contributed by atoms with Crippen LogP contribution in [0.1, 0.15) is 18.4 Å². The summed E-state index contributed by atoms with van der Waals surface area (Å²) in [6.45, 7) is 3.65. The molecule has 0 saturated carbocycles. The number of amides is 1. The van der Waals surface area contributed by atoms with Crippen LogP contribution in [0.15, 0.2) is 18.2 Å². The van der Waals surface area contributed by atoms with E-state index in [-0.39, 0.29) is 17.5 Å². The topological polar surface area (TPSA) is 32.3 Å². The number of anilines is 1. The summed E-state index contributed by atoms with van der Waals surface area (Å²) in [6.07, 6.45) is 2.32. The maximum absolute atomic E-state index is 13.4. The third-order valence-electron chi connectivity index (χ3n) is 3.15. The van der Waals surface area contributed by atoms with Gasteiger partial charge in [0.15, 0.2) is 0 Å². The van der Waals surface area contributed by atoms with Gasteiger partial charge in [0, 0.05) is 18.8 Å². The van der Waals surface area contributed by atoms with Crippen LogP contribution in [0.25, 0.3) is 0 Å². The lowest BCUT2D eigenvalue weighted by molar-refractivity contribution is -0.113. The van der Waals surface area contributed by atoms with Gasteiger partial charge in [0.25, 0.3) is 0 Å². The number of thioether (sulfide) groups is 1. The van der Waals surface area contributed by atoms with Gasteiger partial charge in [-0.25, -0.2) is 4.39 Å². The fourth-order valence-corrected chi connectivity index (χ4v) is 3.04. The predicted molar refractivity (Wildman–Crippen MR) is 85.6 cm³/mol. The van der Waals surface area contributed by atoms with Crippen LogP contribution < -0.4 is 5.32 Å². The average Bonchev–Trinajstić information content (AvgIpc) is 2.94. The Kier molecular flexibility index (Phi) is 5.37. The fraction of sp³-hybridized carbons (Fsp3) is 0.429. The minimum Gasteiger partial charge on any atom is -0.358 e. The van der Waals surface area contributed by atoms with Gasteiger partial charge in [0.1, 0.15) is 10.1 Å². The highest BCUT2D eigenvalue weighted by molar-refractivity contribution is 8.23. The molecule has 0 aliphatic carbocycles. The van der Waals surface area contributed by atoms with E-state index >= 15 is 0 Å². The summed E-state index contributed by atoms with van der Waals surface area (Å²) in [7, 11) is 0. The van der Waals surface area contributed by atoms with E-state index in [1.165, 1.54) is 17.8 Å². The molecule has 2 rings (SSSR count). The predicted octanol–water partition coefficient (Wildman–Crippen LogP) is 3.19. The SMILES string of the molecule is Cc1ccc(NC(=O)CSC(=S)N2CCCC2)cc1F. The van der Waals surface area contributed by atoms with E-state index < -0.39 is 0 Å². The van der Waals surface area contributed by atoms with E-state index in [1.807, 2.05) is 0 Å². The summed E-state index contributed by atoms with van der Waals surface area (Å²) in [5.41, 5.74) is 1.04. The molecular weight excluding hydrogens is 295 g/mol. The van der Waals surface area contributed by atoms with Gasteiger partial charge in [-0.05, 0) is 37.5 Å². The number of halogens is 1. The van der Waals surface area contributed by atoms with Crippen LogP contribution in [0.2, 0.25) is 0 Å². The van der Waals surface area contributed by atoms with Gasteiger partial charge in [-0.2, -0.15) is 0 Å². The lowest BCUT2D eigenvalue weighted by atomic mass is 10.2. The van der Waals surface area contributed by atoms with Crippen molar-refractivity contribution in [1.29, 1.82) is 0 Å². The largest absolute Gasteiger partial charge is 0.358 e. The molecule has 0 atom stereocenters. The molecule has 1 aromatic carbocycles. The standard InChI is InChI=1S/C14H17FN2OS2/c1-10-4-5-11(8-12(10)15)16-13(18)9-20-14(19)17-6-2-3-7-17/h4-5,8H,2-3,6-7,9H2,1H3,(H,16,18). The van der Waals surface area contributed by atoms with E-state index in [1.54, 1.807) is 19.1 Å². The molecule has 1 aliphatic rings. The molecule has 1 aliphatic heterocycles. The van der Waals surface area contributed by atoms with Gasteiger partial charge in [-0.3, -0.25) is 4.79 Å². The van der Waals surface area contributed by atoms with Gasteiger partial charge >= 0.3 is 0 Å². The third kappa shape index (κ3) is 4.18. The Labute approximate surface area is 127 Å². The Balaban J connectivity index is 1.80. The second-order valence-electron chi connectivity index (χ2n) is 4.76. The molecule has 0 spiro atoms. The van der Waals surface area contributed by atoms with Crippen LogP contribution in [-0.4, -0.2) is 34.0 Å². The van der Waals surface area contributed by atoms with Crippen LogP contribution in [0.3, 0.4) is 0 Å². The van der Waals surface area contributed by atoms with Crippen molar-refractivity contribution in [2.24, 2.45) is 0 Å². The van der Waals surface area contributed by atoms with Crippen molar-refractivity contribution in [2.75, 3.05) is 24.2 Å². The van der Waals surface area contributed by atoms with Crippen molar-refractivity contribution in [3.05, 3.63) is 29.6 Å². The molecule has 1 N–H and O–H groups in total. The molecule has 1 aromatic rings. The quantitative estimate of drug-likeness (QED) is 0.869. The summed E-state index contributed by atoms with van der Waals surface area (Å²) >= 11 is 6.64. The number of benzene rings is 1. The minimum absolute atomic E-state index is 0.167. The molecule has 1 amide bonds. The summed E-state index contributed by atoms with van der Waals surface area (Å²) in [5, 5.41) is 2.68. The number of nitrogens with one attached hydrogen (secondary N) is 1. The highest BCUT2D eigenvalue weighted by Gasteiger charge is 2.16. The second kappa shape index (κ2) is 7.04. The van der Waals surface area contributed by atoms with Crippen molar-refractivity contribution in [3.63, 3.8) is 0 Å². The molecule has 0 radical (unpaired) electrons. The normalized spacial score (nSPS) is 14.4. The van der Waals surface area contributed by atoms with Crippen molar-refractivity contribution in [1.82, 2.24) is 4.90 Å². The number of aryl methyl sites for hydroxylation is 1. The second-order valence-corrected chi connectivity index (χ2v) is 6.37. The molecule has 1 heterocycles. The van der Waals surface area contributed by atoms with Crippen LogP contribution in [-0.2, 0) is 4.79 Å². The van der Waals surface area contributed by atoms with Crippen molar-refractivity contribution in [2.45, 2.75) is 19.8 Å². The number of nitrogens with zero attached hydrogens (tertiary/aromatic N) is 1. The van der Waals surface area contributed by atoms with Gasteiger partial charge in [0.2, 0.25) is 5.91 Å². The fourth-order valence-electron chi connectivity index (χ4n) is 1.99. The van der Waals surface area contributed by atoms with Crippen LogP contribution >= 0.6 is 24.0 Å². The highest BCUT2D eigenvalue weighted by atomic mass is 32.2. The Hall–Kier alpha value is -1.14. The number of likely N-dealkylation sites (tertiary alicyclic amines) is 1. The molecular formula is C14H17FN2OS2. The zero-order chi connectivity index (χ0) is 14.5. The zero-order valence-electron chi connectivity index (χ0n) is 11.3. The monoisotopic (exact) mass is 312 g/mol. The van der Waals surface area contributed by atoms with E-state index in [0.717, 1.165) is 30.3 Å². The maximum atomic E-state index is 13.4. The summed E-state index contributed by atoms with van der Waals surface area (Å²) in [4.78, 5) is 13.9. The van der Waals surface area contributed by atoms with Crippen molar-refractivity contribution >= 4 is 39.9 Å². The van der Waals surface area contributed by atoms with Gasteiger partial charge in [-0.15, -0.1) is 0 Å². The Bertz CT molecular complexity index is 516. The molecule has 0 unspecified atom stereocenters. The molecule has 6 heteroatoms. The van der Waals surface area contributed by atoms with Crippen LogP contribution in [0.5, 0.6) is 0 Å². The number of carbonyl (C=O) groups is 1. The Morgan fingerprint density at radius 3 is 2.80 bits per heavy atom. The zero-order valence-corrected chi connectivity index (χ0v) is 13.0.